The molecular weight excluding hydrogens is 328 g/mol. The average molecular weight is 337 g/mol. The second kappa shape index (κ2) is 5.87. The number of amides is 1. The number of para-hydroxylation sites is 1. The Kier molecular flexibility index (Phi) is 4.20. The van der Waals surface area contributed by atoms with Gasteiger partial charge in [-0.3, -0.25) is 4.79 Å². The van der Waals surface area contributed by atoms with E-state index in [0.717, 1.165) is 4.47 Å². The average Bonchev–Trinajstić information content (AvgIpc) is 2.85. The van der Waals surface area contributed by atoms with Crippen molar-refractivity contribution in [2.24, 2.45) is 0 Å². The molecule has 1 amide bonds. The van der Waals surface area contributed by atoms with E-state index in [9.17, 15) is 4.79 Å². The lowest BCUT2D eigenvalue weighted by Gasteiger charge is -2.11. The Bertz CT molecular complexity index is 661. The molecule has 19 heavy (non-hydrogen) atoms. The molecule has 0 saturated carbocycles. The molecule has 0 aliphatic rings. The summed E-state index contributed by atoms with van der Waals surface area (Å²) in [4.78, 5) is 12.7. The quantitative estimate of drug-likeness (QED) is 0.930. The summed E-state index contributed by atoms with van der Waals surface area (Å²) in [5.41, 5.74) is 0.748. The van der Waals surface area contributed by atoms with Gasteiger partial charge >= 0.3 is 0 Å². The van der Waals surface area contributed by atoms with Gasteiger partial charge in [0.05, 0.1) is 12.7 Å². The number of anilines is 1. The summed E-state index contributed by atoms with van der Waals surface area (Å²) in [5, 5.41) is 13.6. The minimum Gasteiger partial charge on any atom is -0.495 e. The highest BCUT2D eigenvalue weighted by Crippen LogP contribution is 2.30. The van der Waals surface area contributed by atoms with Crippen LogP contribution in [0, 0.1) is 11.3 Å². The first-order chi connectivity index (χ1) is 9.17. The lowest BCUT2D eigenvalue weighted by Crippen LogP contribution is -2.12. The number of halogens is 1. The van der Waals surface area contributed by atoms with Gasteiger partial charge in [-0.15, -0.1) is 11.3 Å². The lowest BCUT2D eigenvalue weighted by atomic mass is 10.1. The van der Waals surface area contributed by atoms with Gasteiger partial charge in [0.15, 0.2) is 0 Å². The maximum absolute atomic E-state index is 12.1. The summed E-state index contributed by atoms with van der Waals surface area (Å²) in [6.07, 6.45) is 0. The zero-order valence-electron chi connectivity index (χ0n) is 9.94. The normalized spacial score (nSPS) is 9.74. The van der Waals surface area contributed by atoms with Gasteiger partial charge in [-0.05, 0) is 39.5 Å². The molecule has 0 atom stereocenters. The minimum absolute atomic E-state index is 0.275. The van der Waals surface area contributed by atoms with Gasteiger partial charge < -0.3 is 10.1 Å². The van der Waals surface area contributed by atoms with Crippen molar-refractivity contribution in [2.45, 2.75) is 0 Å². The smallest absolute Gasteiger partial charge is 0.267 e. The molecule has 1 aromatic heterocycles. The Balaban J connectivity index is 2.36. The monoisotopic (exact) mass is 336 g/mol. The van der Waals surface area contributed by atoms with E-state index < -0.39 is 0 Å². The summed E-state index contributed by atoms with van der Waals surface area (Å²) < 4.78 is 5.89. The fourth-order valence-electron chi connectivity index (χ4n) is 1.55. The molecule has 1 aromatic carbocycles. The van der Waals surface area contributed by atoms with Crippen molar-refractivity contribution in [2.75, 3.05) is 12.4 Å². The Morgan fingerprint density at radius 3 is 2.84 bits per heavy atom. The number of benzene rings is 1. The highest BCUT2D eigenvalue weighted by atomic mass is 79.9. The lowest BCUT2D eigenvalue weighted by molar-refractivity contribution is 0.102. The summed E-state index contributed by atoms with van der Waals surface area (Å²) in [6, 6.07) is 8.85. The maximum Gasteiger partial charge on any atom is 0.267 e. The van der Waals surface area contributed by atoms with E-state index in [-0.39, 0.29) is 5.91 Å². The largest absolute Gasteiger partial charge is 0.495 e. The molecule has 96 valence electrons. The van der Waals surface area contributed by atoms with Crippen molar-refractivity contribution in [3.63, 3.8) is 0 Å². The van der Waals surface area contributed by atoms with Crippen LogP contribution in [0.5, 0.6) is 5.75 Å². The number of nitrogens with zero attached hydrogens (tertiary/aromatic N) is 1. The number of ether oxygens (including phenoxy) is 1. The molecule has 0 saturated heterocycles. The molecule has 4 nitrogen and oxygen atoms in total. The van der Waals surface area contributed by atoms with Gasteiger partial charge in [-0.2, -0.15) is 5.26 Å². The summed E-state index contributed by atoms with van der Waals surface area (Å²) in [5.74, 6) is 0.183. The molecule has 0 aliphatic carbocycles. The van der Waals surface area contributed by atoms with Crippen LogP contribution in [0.15, 0.2) is 34.1 Å². The van der Waals surface area contributed by atoms with Crippen molar-refractivity contribution >= 4 is 38.9 Å². The molecular formula is C13H9BrN2O2S. The summed E-state index contributed by atoms with van der Waals surface area (Å²) in [7, 11) is 1.49. The van der Waals surface area contributed by atoms with Crippen molar-refractivity contribution < 1.29 is 9.53 Å². The number of thiophene rings is 1. The van der Waals surface area contributed by atoms with Crippen LogP contribution < -0.4 is 10.1 Å². The van der Waals surface area contributed by atoms with Crippen LogP contribution in [0.3, 0.4) is 0 Å². The standard InChI is InChI=1S/C13H9BrN2O2S/c1-18-10-4-2-3-8(7-15)11(10)16-13(17)12-9(14)5-6-19-12/h2-6H,1H3,(H,16,17). The van der Waals surface area contributed by atoms with Gasteiger partial charge in [0.25, 0.3) is 5.91 Å². The first kappa shape index (κ1) is 13.6. The Morgan fingerprint density at radius 1 is 1.47 bits per heavy atom. The van der Waals surface area contributed by atoms with Crippen molar-refractivity contribution in [1.82, 2.24) is 0 Å². The minimum atomic E-state index is -0.275. The number of nitrogens with one attached hydrogen (secondary N) is 1. The van der Waals surface area contributed by atoms with Gasteiger partial charge in [-0.1, -0.05) is 6.07 Å². The van der Waals surface area contributed by atoms with Crippen molar-refractivity contribution in [1.29, 1.82) is 5.26 Å². The summed E-state index contributed by atoms with van der Waals surface area (Å²) >= 11 is 4.63. The number of methoxy groups -OCH3 is 1. The molecule has 0 aliphatic heterocycles. The molecule has 1 N–H and O–H groups in total. The van der Waals surface area contributed by atoms with Crippen LogP contribution >= 0.6 is 27.3 Å². The molecule has 2 aromatic rings. The Labute approximate surface area is 122 Å². The highest BCUT2D eigenvalue weighted by molar-refractivity contribution is 9.10. The van der Waals surface area contributed by atoms with Crippen LogP contribution in [0.2, 0.25) is 0 Å². The first-order valence-corrected chi connectivity index (χ1v) is 6.96. The first-order valence-electron chi connectivity index (χ1n) is 5.28. The molecule has 2 rings (SSSR count). The zero-order chi connectivity index (χ0) is 13.8. The fourth-order valence-corrected chi connectivity index (χ4v) is 3.00. The van der Waals surface area contributed by atoms with E-state index >= 15 is 0 Å². The number of carbonyl (C=O) groups is 1. The molecule has 6 heteroatoms. The van der Waals surface area contributed by atoms with E-state index in [0.29, 0.717) is 21.9 Å². The molecule has 1 heterocycles. The zero-order valence-corrected chi connectivity index (χ0v) is 12.3. The molecule has 0 bridgehead atoms. The van der Waals surface area contributed by atoms with Gasteiger partial charge in [-0.25, -0.2) is 0 Å². The second-order valence-corrected chi connectivity index (χ2v) is 5.32. The molecule has 0 unspecified atom stereocenters. The second-order valence-electron chi connectivity index (χ2n) is 3.55. The molecule has 0 fully saturated rings. The molecule has 0 radical (unpaired) electrons. The number of hydrogen-bond acceptors (Lipinski definition) is 4. The van der Waals surface area contributed by atoms with Crippen LogP contribution in [0.25, 0.3) is 0 Å². The SMILES string of the molecule is COc1cccc(C#N)c1NC(=O)c1sccc1Br. The van der Waals surface area contributed by atoms with Gasteiger partial charge in [0.2, 0.25) is 0 Å². The van der Waals surface area contributed by atoms with E-state index in [2.05, 4.69) is 21.2 Å². The fraction of sp³-hybridized carbons (Fsp3) is 0.0769. The van der Waals surface area contributed by atoms with Crippen LogP contribution in [-0.2, 0) is 0 Å². The topological polar surface area (TPSA) is 62.1 Å². The number of nitriles is 1. The van der Waals surface area contributed by atoms with E-state index in [4.69, 9.17) is 10.00 Å². The van der Waals surface area contributed by atoms with Gasteiger partial charge in [0, 0.05) is 4.47 Å². The van der Waals surface area contributed by atoms with Gasteiger partial charge in [0.1, 0.15) is 22.4 Å². The predicted molar refractivity (Wildman–Crippen MR) is 77.7 cm³/mol. The summed E-state index contributed by atoms with van der Waals surface area (Å²) in [6.45, 7) is 0. The van der Waals surface area contributed by atoms with E-state index in [1.54, 1.807) is 24.3 Å². The van der Waals surface area contributed by atoms with E-state index in [1.807, 2.05) is 11.4 Å². The number of rotatable bonds is 3. The third-order valence-electron chi connectivity index (χ3n) is 2.43. The van der Waals surface area contributed by atoms with Crippen LogP contribution in [0.1, 0.15) is 15.2 Å². The Morgan fingerprint density at radius 2 is 2.26 bits per heavy atom. The highest BCUT2D eigenvalue weighted by Gasteiger charge is 2.16. The van der Waals surface area contributed by atoms with Crippen molar-refractivity contribution in [3.05, 3.63) is 44.6 Å². The van der Waals surface area contributed by atoms with Crippen LogP contribution in [-0.4, -0.2) is 13.0 Å². The third kappa shape index (κ3) is 2.78. The molecule has 0 spiro atoms. The van der Waals surface area contributed by atoms with E-state index in [1.165, 1.54) is 18.4 Å². The van der Waals surface area contributed by atoms with Crippen molar-refractivity contribution in [3.8, 4) is 11.8 Å². The van der Waals surface area contributed by atoms with Crippen LogP contribution in [0.4, 0.5) is 5.69 Å². The predicted octanol–water partition coefficient (Wildman–Crippen LogP) is 3.64. The number of hydrogen-bond donors (Lipinski definition) is 1. The number of carbonyl (C=O) groups excluding carboxylic acids is 1. The third-order valence-corrected chi connectivity index (χ3v) is 4.26. The Hall–Kier alpha value is -1.84. The maximum atomic E-state index is 12.1.